The summed E-state index contributed by atoms with van der Waals surface area (Å²) in [5.74, 6) is -0.117. The lowest BCUT2D eigenvalue weighted by Gasteiger charge is -2.12. The maximum absolute atomic E-state index is 11.3. The number of nitrogens with one attached hydrogen (secondary N) is 2. The van der Waals surface area contributed by atoms with Gasteiger partial charge in [-0.1, -0.05) is 6.07 Å². The molecule has 1 rings (SSSR count). The molecule has 1 aromatic heterocycles. The molecule has 0 aliphatic carbocycles. The van der Waals surface area contributed by atoms with E-state index in [-0.39, 0.29) is 19.1 Å². The number of hydrogen-bond acceptors (Lipinski definition) is 6. The Hall–Kier alpha value is -0.990. The topological polar surface area (TPSA) is 79.8 Å². The summed E-state index contributed by atoms with van der Waals surface area (Å²) >= 11 is 1.62. The third-order valence-corrected chi connectivity index (χ3v) is 3.28. The molecular weight excluding hydrogens is 280 g/mol. The van der Waals surface area contributed by atoms with Gasteiger partial charge in [0.25, 0.3) is 0 Å². The van der Waals surface area contributed by atoms with Crippen LogP contribution >= 0.6 is 11.3 Å². The van der Waals surface area contributed by atoms with Crippen molar-refractivity contribution in [1.29, 1.82) is 0 Å². The largest absolute Gasteiger partial charge is 0.389 e. The van der Waals surface area contributed by atoms with Gasteiger partial charge in [0.2, 0.25) is 5.91 Å². The first-order valence-corrected chi connectivity index (χ1v) is 7.35. The summed E-state index contributed by atoms with van der Waals surface area (Å²) in [5.41, 5.74) is 0. The predicted octanol–water partition coefficient (Wildman–Crippen LogP) is -0.0222. The fourth-order valence-corrected chi connectivity index (χ4v) is 2.10. The van der Waals surface area contributed by atoms with E-state index in [2.05, 4.69) is 10.6 Å². The number of carbonyl (C=O) groups excluding carboxylic acids is 1. The molecule has 0 saturated heterocycles. The van der Waals surface area contributed by atoms with Crippen molar-refractivity contribution in [1.82, 2.24) is 10.6 Å². The van der Waals surface area contributed by atoms with Gasteiger partial charge in [-0.3, -0.25) is 4.79 Å². The first-order chi connectivity index (χ1) is 9.72. The maximum atomic E-state index is 11.3. The second-order valence-electron chi connectivity index (χ2n) is 4.22. The summed E-state index contributed by atoms with van der Waals surface area (Å²) in [5, 5.41) is 17.2. The summed E-state index contributed by atoms with van der Waals surface area (Å²) in [6, 6.07) is 3.95. The monoisotopic (exact) mass is 302 g/mol. The Labute approximate surface area is 123 Å². The van der Waals surface area contributed by atoms with Gasteiger partial charge in [0.1, 0.15) is 0 Å². The van der Waals surface area contributed by atoms with E-state index in [1.807, 2.05) is 17.5 Å². The third kappa shape index (κ3) is 8.23. The molecule has 1 unspecified atom stereocenters. The number of methoxy groups -OCH3 is 1. The highest BCUT2D eigenvalue weighted by Crippen LogP contribution is 2.09. The lowest BCUT2D eigenvalue weighted by molar-refractivity contribution is -0.120. The number of aliphatic hydroxyl groups is 1. The zero-order chi connectivity index (χ0) is 14.6. The van der Waals surface area contributed by atoms with Gasteiger partial charge in [-0.25, -0.2) is 0 Å². The van der Waals surface area contributed by atoms with Gasteiger partial charge in [0, 0.05) is 25.1 Å². The van der Waals surface area contributed by atoms with E-state index < -0.39 is 6.10 Å². The highest BCUT2D eigenvalue weighted by Gasteiger charge is 2.06. The van der Waals surface area contributed by atoms with Crippen molar-refractivity contribution in [2.24, 2.45) is 0 Å². The van der Waals surface area contributed by atoms with Crippen LogP contribution in [0.5, 0.6) is 0 Å². The molecule has 0 fully saturated rings. The van der Waals surface area contributed by atoms with Crippen LogP contribution in [0.15, 0.2) is 17.5 Å². The molecule has 3 N–H and O–H groups in total. The van der Waals surface area contributed by atoms with Crippen LogP contribution in [0.1, 0.15) is 4.88 Å². The number of thiophene rings is 1. The quantitative estimate of drug-likeness (QED) is 0.501. The predicted molar refractivity (Wildman–Crippen MR) is 77.7 cm³/mol. The highest BCUT2D eigenvalue weighted by molar-refractivity contribution is 7.09. The van der Waals surface area contributed by atoms with Gasteiger partial charge in [0.15, 0.2) is 0 Å². The van der Waals surface area contributed by atoms with E-state index in [0.717, 1.165) is 4.88 Å². The Morgan fingerprint density at radius 1 is 1.55 bits per heavy atom. The van der Waals surface area contributed by atoms with Crippen molar-refractivity contribution >= 4 is 17.2 Å². The van der Waals surface area contributed by atoms with E-state index in [4.69, 9.17) is 9.47 Å². The van der Waals surface area contributed by atoms with Crippen LogP contribution in [-0.2, 0) is 20.9 Å². The summed E-state index contributed by atoms with van der Waals surface area (Å²) in [7, 11) is 1.58. The van der Waals surface area contributed by atoms with Gasteiger partial charge in [-0.05, 0) is 11.4 Å². The first kappa shape index (κ1) is 17.1. The number of ether oxygens (including phenoxy) is 2. The van der Waals surface area contributed by atoms with Gasteiger partial charge in [-0.15, -0.1) is 11.3 Å². The molecular formula is C13H22N2O4S. The number of aliphatic hydroxyl groups excluding tert-OH is 1. The van der Waals surface area contributed by atoms with Crippen molar-refractivity contribution in [3.8, 4) is 0 Å². The van der Waals surface area contributed by atoms with Crippen molar-refractivity contribution < 1.29 is 19.4 Å². The smallest absolute Gasteiger partial charge is 0.234 e. The Kier molecular flexibility index (Phi) is 9.18. The van der Waals surface area contributed by atoms with E-state index in [9.17, 15) is 9.90 Å². The molecule has 1 atom stereocenters. The highest BCUT2D eigenvalue weighted by atomic mass is 32.1. The second kappa shape index (κ2) is 10.8. The Morgan fingerprint density at radius 2 is 2.40 bits per heavy atom. The molecule has 0 aromatic carbocycles. The van der Waals surface area contributed by atoms with Crippen LogP contribution in [-0.4, -0.2) is 57.1 Å². The average molecular weight is 302 g/mol. The van der Waals surface area contributed by atoms with E-state index in [1.54, 1.807) is 18.4 Å². The summed E-state index contributed by atoms with van der Waals surface area (Å²) in [6.07, 6.45) is -0.623. The molecule has 20 heavy (non-hydrogen) atoms. The summed E-state index contributed by atoms with van der Waals surface area (Å²) in [4.78, 5) is 12.5. The number of amides is 1. The zero-order valence-electron chi connectivity index (χ0n) is 11.6. The lowest BCUT2D eigenvalue weighted by Crippen LogP contribution is -2.39. The van der Waals surface area contributed by atoms with Gasteiger partial charge in [-0.2, -0.15) is 0 Å². The fraction of sp³-hybridized carbons (Fsp3) is 0.615. The average Bonchev–Trinajstić information content (AvgIpc) is 2.92. The number of hydrogen-bond donors (Lipinski definition) is 3. The molecule has 0 saturated carbocycles. The first-order valence-electron chi connectivity index (χ1n) is 6.47. The van der Waals surface area contributed by atoms with Crippen molar-refractivity contribution in [2.45, 2.75) is 12.7 Å². The fourth-order valence-electron chi connectivity index (χ4n) is 1.46. The normalized spacial score (nSPS) is 12.3. The molecule has 7 heteroatoms. The van der Waals surface area contributed by atoms with E-state index >= 15 is 0 Å². The van der Waals surface area contributed by atoms with Crippen LogP contribution in [0.2, 0.25) is 0 Å². The zero-order valence-corrected chi connectivity index (χ0v) is 12.4. The van der Waals surface area contributed by atoms with Crippen molar-refractivity contribution in [2.75, 3.05) is 40.0 Å². The van der Waals surface area contributed by atoms with Gasteiger partial charge in [0.05, 0.1) is 32.5 Å². The maximum Gasteiger partial charge on any atom is 0.234 e. The molecule has 114 valence electrons. The van der Waals surface area contributed by atoms with Crippen LogP contribution < -0.4 is 10.6 Å². The van der Waals surface area contributed by atoms with Gasteiger partial charge >= 0.3 is 0 Å². The van der Waals surface area contributed by atoms with Crippen LogP contribution in [0.3, 0.4) is 0 Å². The van der Waals surface area contributed by atoms with E-state index in [1.165, 1.54) is 0 Å². The van der Waals surface area contributed by atoms with Gasteiger partial charge < -0.3 is 25.2 Å². The van der Waals surface area contributed by atoms with Crippen LogP contribution in [0, 0.1) is 0 Å². The lowest BCUT2D eigenvalue weighted by atomic mass is 10.3. The van der Waals surface area contributed by atoms with Crippen LogP contribution in [0.4, 0.5) is 0 Å². The van der Waals surface area contributed by atoms with Crippen molar-refractivity contribution in [3.63, 3.8) is 0 Å². The summed E-state index contributed by atoms with van der Waals surface area (Å²) in [6.45, 7) is 2.23. The minimum absolute atomic E-state index is 0.117. The second-order valence-corrected chi connectivity index (χ2v) is 5.25. The SMILES string of the molecule is COCCNC(=O)CNCC(O)COCc1cccs1. The summed E-state index contributed by atoms with van der Waals surface area (Å²) < 4.78 is 10.2. The number of rotatable bonds is 11. The van der Waals surface area contributed by atoms with E-state index in [0.29, 0.717) is 26.3 Å². The molecule has 0 bridgehead atoms. The minimum Gasteiger partial charge on any atom is -0.389 e. The standard InChI is InChI=1S/C13H22N2O4S/c1-18-5-4-15-13(17)8-14-7-11(16)9-19-10-12-3-2-6-20-12/h2-3,6,11,14,16H,4-5,7-10H2,1H3,(H,15,17). The Balaban J connectivity index is 1.96. The number of carbonyl (C=O) groups is 1. The minimum atomic E-state index is -0.623. The molecule has 0 spiro atoms. The van der Waals surface area contributed by atoms with Crippen molar-refractivity contribution in [3.05, 3.63) is 22.4 Å². The molecule has 6 nitrogen and oxygen atoms in total. The molecule has 0 radical (unpaired) electrons. The molecule has 0 aliphatic rings. The Bertz CT molecular complexity index is 359. The molecule has 1 amide bonds. The molecule has 1 heterocycles. The van der Waals surface area contributed by atoms with Crippen LogP contribution in [0.25, 0.3) is 0 Å². The Morgan fingerprint density at radius 3 is 3.10 bits per heavy atom. The third-order valence-electron chi connectivity index (χ3n) is 2.43. The molecule has 1 aromatic rings. The molecule has 0 aliphatic heterocycles.